The van der Waals surface area contributed by atoms with Crippen molar-refractivity contribution in [3.05, 3.63) is 34.5 Å². The molecule has 27 heavy (non-hydrogen) atoms. The normalized spacial score (nSPS) is 21.0. The Hall–Kier alpha value is -1.37. The molecule has 2 heterocycles. The zero-order valence-electron chi connectivity index (χ0n) is 16.2. The fraction of sp³-hybridized carbons (Fsp3) is 0.632. The highest BCUT2D eigenvalue weighted by Gasteiger charge is 2.32. The second kappa shape index (κ2) is 8.76. The topological polar surface area (TPSA) is 83.7 Å². The van der Waals surface area contributed by atoms with Crippen LogP contribution in [-0.2, 0) is 6.42 Å². The van der Waals surface area contributed by atoms with Crippen molar-refractivity contribution in [1.82, 2.24) is 20.2 Å². The van der Waals surface area contributed by atoms with Crippen LogP contribution in [-0.4, -0.2) is 39.8 Å². The van der Waals surface area contributed by atoms with Gasteiger partial charge in [0.1, 0.15) is 11.6 Å². The molecule has 0 saturated heterocycles. The molecule has 0 amide bonds. The van der Waals surface area contributed by atoms with Gasteiger partial charge < -0.3 is 10.6 Å². The third-order valence-corrected chi connectivity index (χ3v) is 5.65. The van der Waals surface area contributed by atoms with Crippen LogP contribution >= 0.6 is 24.8 Å². The summed E-state index contributed by atoms with van der Waals surface area (Å²) in [5, 5.41) is 7.36. The summed E-state index contributed by atoms with van der Waals surface area (Å²) in [6.45, 7) is 5.07. The number of nitrogens with two attached hydrogens (primary N) is 1. The van der Waals surface area contributed by atoms with Gasteiger partial charge in [0.25, 0.3) is 0 Å². The SMILES string of the molecule is Cc1n[nH]c(C)c1CCN(C)c1cc(C2CC(N)C2)nc(C2CC2)n1.Cl.Cl. The van der Waals surface area contributed by atoms with Crippen LogP contribution in [0.2, 0.25) is 0 Å². The molecule has 0 unspecified atom stereocenters. The molecular weight excluding hydrogens is 383 g/mol. The number of aromatic amines is 1. The summed E-state index contributed by atoms with van der Waals surface area (Å²) >= 11 is 0. The minimum atomic E-state index is 0. The lowest BCUT2D eigenvalue weighted by molar-refractivity contribution is 0.344. The van der Waals surface area contributed by atoms with E-state index in [1.807, 2.05) is 0 Å². The molecule has 2 aliphatic carbocycles. The number of halogens is 2. The molecule has 2 aliphatic rings. The Balaban J connectivity index is 0.00000131. The van der Waals surface area contributed by atoms with E-state index in [2.05, 4.69) is 42.1 Å². The number of nitrogens with zero attached hydrogens (tertiary/aromatic N) is 4. The van der Waals surface area contributed by atoms with Crippen LogP contribution in [0.4, 0.5) is 5.82 Å². The molecular formula is C19H30Cl2N6. The van der Waals surface area contributed by atoms with Crippen molar-refractivity contribution < 1.29 is 0 Å². The quantitative estimate of drug-likeness (QED) is 0.758. The zero-order chi connectivity index (χ0) is 17.6. The summed E-state index contributed by atoms with van der Waals surface area (Å²) in [7, 11) is 2.13. The highest BCUT2D eigenvalue weighted by Crippen LogP contribution is 2.41. The van der Waals surface area contributed by atoms with E-state index in [1.54, 1.807) is 0 Å². The van der Waals surface area contributed by atoms with E-state index in [9.17, 15) is 0 Å². The Bertz CT molecular complexity index is 748. The van der Waals surface area contributed by atoms with Crippen molar-refractivity contribution in [2.24, 2.45) is 5.73 Å². The van der Waals surface area contributed by atoms with Gasteiger partial charge in [0.05, 0.1) is 5.69 Å². The molecule has 3 N–H and O–H groups in total. The van der Waals surface area contributed by atoms with Crippen LogP contribution in [0.1, 0.15) is 66.0 Å². The molecule has 0 atom stereocenters. The van der Waals surface area contributed by atoms with E-state index >= 15 is 0 Å². The summed E-state index contributed by atoms with van der Waals surface area (Å²) in [5.41, 5.74) is 10.7. The van der Waals surface area contributed by atoms with Gasteiger partial charge in [0, 0.05) is 48.9 Å². The van der Waals surface area contributed by atoms with Gasteiger partial charge in [-0.05, 0) is 51.5 Å². The maximum atomic E-state index is 5.98. The first-order chi connectivity index (χ1) is 12.0. The number of likely N-dealkylation sites (N-methyl/N-ethyl adjacent to an activating group) is 1. The third-order valence-electron chi connectivity index (χ3n) is 5.65. The molecule has 150 valence electrons. The number of hydrogen-bond acceptors (Lipinski definition) is 5. The minimum Gasteiger partial charge on any atom is -0.359 e. The fourth-order valence-electron chi connectivity index (χ4n) is 3.64. The first-order valence-electron chi connectivity index (χ1n) is 9.37. The molecule has 2 aromatic heterocycles. The van der Waals surface area contributed by atoms with Crippen molar-refractivity contribution in [3.63, 3.8) is 0 Å². The van der Waals surface area contributed by atoms with E-state index in [0.717, 1.165) is 48.8 Å². The molecule has 6 nitrogen and oxygen atoms in total. The average molecular weight is 413 g/mol. The Morgan fingerprint density at radius 1 is 1.15 bits per heavy atom. The van der Waals surface area contributed by atoms with Gasteiger partial charge in [0.15, 0.2) is 0 Å². The van der Waals surface area contributed by atoms with Gasteiger partial charge in [-0.15, -0.1) is 24.8 Å². The lowest BCUT2D eigenvalue weighted by Gasteiger charge is -2.32. The van der Waals surface area contributed by atoms with Crippen LogP contribution in [0.25, 0.3) is 0 Å². The van der Waals surface area contributed by atoms with Crippen molar-refractivity contribution in [2.75, 3.05) is 18.5 Å². The molecule has 2 saturated carbocycles. The maximum Gasteiger partial charge on any atom is 0.134 e. The monoisotopic (exact) mass is 412 g/mol. The second-order valence-electron chi connectivity index (χ2n) is 7.80. The van der Waals surface area contributed by atoms with Crippen LogP contribution in [0.15, 0.2) is 6.07 Å². The predicted molar refractivity (Wildman–Crippen MR) is 113 cm³/mol. The Morgan fingerprint density at radius 2 is 1.85 bits per heavy atom. The smallest absolute Gasteiger partial charge is 0.134 e. The number of hydrogen-bond donors (Lipinski definition) is 2. The number of aryl methyl sites for hydroxylation is 2. The van der Waals surface area contributed by atoms with Gasteiger partial charge >= 0.3 is 0 Å². The van der Waals surface area contributed by atoms with E-state index in [-0.39, 0.29) is 24.8 Å². The van der Waals surface area contributed by atoms with Crippen molar-refractivity contribution in [2.45, 2.75) is 63.8 Å². The average Bonchev–Trinajstić information content (AvgIpc) is 3.37. The largest absolute Gasteiger partial charge is 0.359 e. The van der Waals surface area contributed by atoms with Gasteiger partial charge in [-0.1, -0.05) is 0 Å². The zero-order valence-corrected chi connectivity index (χ0v) is 17.9. The van der Waals surface area contributed by atoms with E-state index in [4.69, 9.17) is 15.7 Å². The van der Waals surface area contributed by atoms with Gasteiger partial charge in [0.2, 0.25) is 0 Å². The highest BCUT2D eigenvalue weighted by atomic mass is 35.5. The molecule has 0 bridgehead atoms. The first kappa shape index (κ1) is 21.9. The van der Waals surface area contributed by atoms with Crippen molar-refractivity contribution in [3.8, 4) is 0 Å². The fourth-order valence-corrected chi connectivity index (χ4v) is 3.64. The summed E-state index contributed by atoms with van der Waals surface area (Å²) in [6.07, 6.45) is 5.53. The molecule has 2 fully saturated rings. The molecule has 0 aromatic carbocycles. The van der Waals surface area contributed by atoms with Gasteiger partial charge in [-0.2, -0.15) is 5.10 Å². The van der Waals surface area contributed by atoms with Crippen LogP contribution < -0.4 is 10.6 Å². The standard InChI is InChI=1S/C19H28N6.2ClH/c1-11-16(12(2)24-23-11)6-7-25(3)18-10-17(14-8-15(20)9-14)21-19(22-18)13-4-5-13;;/h10,13-15H,4-9,20H2,1-3H3,(H,23,24);2*1H. The molecule has 4 rings (SSSR count). The second-order valence-corrected chi connectivity index (χ2v) is 7.80. The van der Waals surface area contributed by atoms with Gasteiger partial charge in [-0.25, -0.2) is 9.97 Å². The number of H-pyrrole nitrogens is 1. The minimum absolute atomic E-state index is 0. The van der Waals surface area contributed by atoms with E-state index < -0.39 is 0 Å². The van der Waals surface area contributed by atoms with Crippen LogP contribution in [0.3, 0.4) is 0 Å². The molecule has 2 aromatic rings. The Labute approximate surface area is 173 Å². The molecule has 0 radical (unpaired) electrons. The Kier molecular flexibility index (Phi) is 7.11. The lowest BCUT2D eigenvalue weighted by Crippen LogP contribution is -2.35. The van der Waals surface area contributed by atoms with E-state index in [0.29, 0.717) is 17.9 Å². The number of nitrogens with one attached hydrogen (secondary N) is 1. The van der Waals surface area contributed by atoms with Crippen molar-refractivity contribution in [1.29, 1.82) is 0 Å². The first-order valence-corrected chi connectivity index (χ1v) is 9.37. The number of anilines is 1. The van der Waals surface area contributed by atoms with E-state index in [1.165, 1.54) is 24.1 Å². The number of aromatic nitrogens is 4. The predicted octanol–water partition coefficient (Wildman–Crippen LogP) is 3.42. The Morgan fingerprint density at radius 3 is 2.41 bits per heavy atom. The third kappa shape index (κ3) is 4.73. The van der Waals surface area contributed by atoms with Crippen LogP contribution in [0.5, 0.6) is 0 Å². The van der Waals surface area contributed by atoms with Gasteiger partial charge in [-0.3, -0.25) is 5.10 Å². The lowest BCUT2D eigenvalue weighted by atomic mass is 9.78. The molecule has 0 spiro atoms. The number of rotatable bonds is 6. The highest BCUT2D eigenvalue weighted by molar-refractivity contribution is 5.85. The summed E-state index contributed by atoms with van der Waals surface area (Å²) in [4.78, 5) is 12.0. The maximum absolute atomic E-state index is 5.98. The van der Waals surface area contributed by atoms with Crippen molar-refractivity contribution >= 4 is 30.6 Å². The summed E-state index contributed by atoms with van der Waals surface area (Å²) < 4.78 is 0. The molecule has 0 aliphatic heterocycles. The van der Waals surface area contributed by atoms with Crippen LogP contribution in [0, 0.1) is 13.8 Å². The molecule has 8 heteroatoms. The summed E-state index contributed by atoms with van der Waals surface area (Å²) in [5.74, 6) is 3.17. The summed E-state index contributed by atoms with van der Waals surface area (Å²) in [6, 6.07) is 2.52.